The molecule has 1 aromatic carbocycles. The van der Waals surface area contributed by atoms with Crippen LogP contribution in [0, 0.1) is 0 Å². The van der Waals surface area contributed by atoms with E-state index in [0.717, 1.165) is 23.4 Å². The van der Waals surface area contributed by atoms with Gasteiger partial charge in [0, 0.05) is 11.1 Å². The molecule has 14 heavy (non-hydrogen) atoms. The Morgan fingerprint density at radius 2 is 1.93 bits per heavy atom. The standard InChI is InChI=1S/C11H14ClN.ClH/c1-2-3-4-11(13)9-5-7-10(12)8-6-9;/h2,5-8,11H,1,3-4,13H2;1H/t11-;/m0./s1. The Morgan fingerprint density at radius 1 is 1.36 bits per heavy atom. The first-order chi connectivity index (χ1) is 6.24. The van der Waals surface area contributed by atoms with E-state index in [0.29, 0.717) is 0 Å². The fourth-order valence-electron chi connectivity index (χ4n) is 1.17. The van der Waals surface area contributed by atoms with Crippen molar-refractivity contribution >= 4 is 24.0 Å². The molecule has 1 atom stereocenters. The topological polar surface area (TPSA) is 26.0 Å². The molecule has 78 valence electrons. The average molecular weight is 232 g/mol. The molecule has 0 spiro atoms. The van der Waals surface area contributed by atoms with Gasteiger partial charge in [-0.15, -0.1) is 19.0 Å². The van der Waals surface area contributed by atoms with Gasteiger partial charge in [-0.05, 0) is 30.5 Å². The lowest BCUT2D eigenvalue weighted by atomic mass is 10.0. The lowest BCUT2D eigenvalue weighted by Gasteiger charge is -2.10. The molecule has 1 nitrogen and oxygen atoms in total. The molecule has 3 heteroatoms. The first-order valence-electron chi connectivity index (χ1n) is 4.36. The molecule has 0 heterocycles. The van der Waals surface area contributed by atoms with Crippen molar-refractivity contribution in [3.8, 4) is 0 Å². The van der Waals surface area contributed by atoms with E-state index < -0.39 is 0 Å². The summed E-state index contributed by atoms with van der Waals surface area (Å²) in [6.45, 7) is 3.66. The third-order valence-electron chi connectivity index (χ3n) is 1.98. The monoisotopic (exact) mass is 231 g/mol. The summed E-state index contributed by atoms with van der Waals surface area (Å²) >= 11 is 5.76. The number of allylic oxidation sites excluding steroid dienone is 1. The highest BCUT2D eigenvalue weighted by atomic mass is 35.5. The van der Waals surface area contributed by atoms with Crippen LogP contribution in [0.1, 0.15) is 24.4 Å². The molecule has 0 aliphatic carbocycles. The Hall–Kier alpha value is -0.500. The number of hydrogen-bond acceptors (Lipinski definition) is 1. The fourth-order valence-corrected chi connectivity index (χ4v) is 1.30. The normalized spacial score (nSPS) is 11.6. The van der Waals surface area contributed by atoms with Crippen LogP contribution in [0.2, 0.25) is 5.02 Å². The van der Waals surface area contributed by atoms with E-state index >= 15 is 0 Å². The summed E-state index contributed by atoms with van der Waals surface area (Å²) in [5.74, 6) is 0. The minimum absolute atomic E-state index is 0. The number of halogens is 2. The van der Waals surface area contributed by atoms with E-state index in [2.05, 4.69) is 6.58 Å². The minimum Gasteiger partial charge on any atom is -0.324 e. The van der Waals surface area contributed by atoms with Gasteiger partial charge in [-0.1, -0.05) is 29.8 Å². The van der Waals surface area contributed by atoms with Gasteiger partial charge in [-0.2, -0.15) is 0 Å². The first-order valence-corrected chi connectivity index (χ1v) is 4.74. The summed E-state index contributed by atoms with van der Waals surface area (Å²) in [5.41, 5.74) is 7.07. The zero-order chi connectivity index (χ0) is 9.68. The molecule has 0 fully saturated rings. The molecule has 2 N–H and O–H groups in total. The van der Waals surface area contributed by atoms with Gasteiger partial charge in [-0.3, -0.25) is 0 Å². The van der Waals surface area contributed by atoms with Crippen molar-refractivity contribution in [1.29, 1.82) is 0 Å². The van der Waals surface area contributed by atoms with Gasteiger partial charge in [0.25, 0.3) is 0 Å². The molecule has 1 rings (SSSR count). The Balaban J connectivity index is 0.00000169. The highest BCUT2D eigenvalue weighted by Crippen LogP contribution is 2.18. The molecule has 0 unspecified atom stereocenters. The van der Waals surface area contributed by atoms with Gasteiger partial charge in [0.05, 0.1) is 0 Å². The van der Waals surface area contributed by atoms with Crippen LogP contribution in [0.4, 0.5) is 0 Å². The van der Waals surface area contributed by atoms with Crippen LogP contribution in [-0.4, -0.2) is 0 Å². The summed E-state index contributed by atoms with van der Waals surface area (Å²) in [6.07, 6.45) is 3.77. The Labute approximate surface area is 96.4 Å². The smallest absolute Gasteiger partial charge is 0.0406 e. The van der Waals surface area contributed by atoms with Crippen LogP contribution in [-0.2, 0) is 0 Å². The summed E-state index contributed by atoms with van der Waals surface area (Å²) in [5, 5.41) is 0.750. The SMILES string of the molecule is C=CCC[C@H](N)c1ccc(Cl)cc1.Cl. The van der Waals surface area contributed by atoms with E-state index in [1.165, 1.54) is 0 Å². The highest BCUT2D eigenvalue weighted by molar-refractivity contribution is 6.30. The largest absolute Gasteiger partial charge is 0.324 e. The third kappa shape index (κ3) is 4.14. The second-order valence-corrected chi connectivity index (χ2v) is 3.46. The van der Waals surface area contributed by atoms with Crippen LogP contribution in [0.3, 0.4) is 0 Å². The van der Waals surface area contributed by atoms with Crippen molar-refractivity contribution < 1.29 is 0 Å². The molecule has 0 saturated carbocycles. The molecule has 0 bridgehead atoms. The molecular weight excluding hydrogens is 217 g/mol. The highest BCUT2D eigenvalue weighted by Gasteiger charge is 2.03. The molecule has 0 saturated heterocycles. The van der Waals surface area contributed by atoms with Crippen molar-refractivity contribution in [2.24, 2.45) is 5.73 Å². The molecule has 0 amide bonds. The maximum Gasteiger partial charge on any atom is 0.0406 e. The van der Waals surface area contributed by atoms with E-state index in [1.54, 1.807) is 0 Å². The van der Waals surface area contributed by atoms with Crippen molar-refractivity contribution in [2.45, 2.75) is 18.9 Å². The van der Waals surface area contributed by atoms with Gasteiger partial charge in [-0.25, -0.2) is 0 Å². The second-order valence-electron chi connectivity index (χ2n) is 3.02. The van der Waals surface area contributed by atoms with Crippen LogP contribution in [0.25, 0.3) is 0 Å². The van der Waals surface area contributed by atoms with E-state index in [1.807, 2.05) is 30.3 Å². The van der Waals surface area contributed by atoms with Gasteiger partial charge in [0.15, 0.2) is 0 Å². The summed E-state index contributed by atoms with van der Waals surface area (Å²) in [6, 6.07) is 7.76. The van der Waals surface area contributed by atoms with Gasteiger partial charge in [0.1, 0.15) is 0 Å². The molecule has 1 aromatic rings. The Kier molecular flexibility index (Phi) is 6.64. The maximum atomic E-state index is 5.94. The van der Waals surface area contributed by atoms with Crippen LogP contribution >= 0.6 is 24.0 Å². The molecule has 0 radical (unpaired) electrons. The molecule has 0 aliphatic heterocycles. The summed E-state index contributed by atoms with van der Waals surface area (Å²) < 4.78 is 0. The van der Waals surface area contributed by atoms with Crippen molar-refractivity contribution in [1.82, 2.24) is 0 Å². The molecular formula is C11H15Cl2N. The summed E-state index contributed by atoms with van der Waals surface area (Å²) in [4.78, 5) is 0. The van der Waals surface area contributed by atoms with Gasteiger partial charge < -0.3 is 5.73 Å². The number of benzene rings is 1. The zero-order valence-electron chi connectivity index (χ0n) is 7.95. The van der Waals surface area contributed by atoms with E-state index in [4.69, 9.17) is 17.3 Å². The van der Waals surface area contributed by atoms with Crippen LogP contribution in [0.15, 0.2) is 36.9 Å². The van der Waals surface area contributed by atoms with E-state index in [9.17, 15) is 0 Å². The maximum absolute atomic E-state index is 5.94. The third-order valence-corrected chi connectivity index (χ3v) is 2.23. The van der Waals surface area contributed by atoms with Crippen molar-refractivity contribution in [3.63, 3.8) is 0 Å². The average Bonchev–Trinajstić information content (AvgIpc) is 2.15. The zero-order valence-corrected chi connectivity index (χ0v) is 9.52. The fraction of sp³-hybridized carbons (Fsp3) is 0.273. The lowest BCUT2D eigenvalue weighted by molar-refractivity contribution is 0.661. The molecule has 0 aliphatic rings. The van der Waals surface area contributed by atoms with Crippen molar-refractivity contribution in [2.75, 3.05) is 0 Å². The van der Waals surface area contributed by atoms with E-state index in [-0.39, 0.29) is 18.4 Å². The number of nitrogens with two attached hydrogens (primary N) is 1. The lowest BCUT2D eigenvalue weighted by Crippen LogP contribution is -2.09. The van der Waals surface area contributed by atoms with Crippen LogP contribution in [0.5, 0.6) is 0 Å². The van der Waals surface area contributed by atoms with Crippen LogP contribution < -0.4 is 5.73 Å². The Morgan fingerprint density at radius 3 is 2.43 bits per heavy atom. The predicted octanol–water partition coefficient (Wildman–Crippen LogP) is 3.73. The van der Waals surface area contributed by atoms with Crippen molar-refractivity contribution in [3.05, 3.63) is 47.5 Å². The summed E-state index contributed by atoms with van der Waals surface area (Å²) in [7, 11) is 0. The number of hydrogen-bond donors (Lipinski definition) is 1. The quantitative estimate of drug-likeness (QED) is 0.786. The van der Waals surface area contributed by atoms with Gasteiger partial charge in [0.2, 0.25) is 0 Å². The number of rotatable bonds is 4. The first kappa shape index (κ1) is 13.5. The Bertz CT molecular complexity index is 269. The predicted molar refractivity (Wildman–Crippen MR) is 65.1 cm³/mol. The minimum atomic E-state index is 0. The molecule has 0 aromatic heterocycles. The van der Waals surface area contributed by atoms with Gasteiger partial charge >= 0.3 is 0 Å². The second kappa shape index (κ2) is 6.88.